The van der Waals surface area contributed by atoms with Crippen LogP contribution in [-0.2, 0) is 21.1 Å². The zero-order chi connectivity index (χ0) is 14.6. The maximum Gasteiger partial charge on any atom is 0.261 e. The van der Waals surface area contributed by atoms with Crippen LogP contribution in [0.25, 0.3) is 11.0 Å². The Labute approximate surface area is 119 Å². The van der Waals surface area contributed by atoms with E-state index in [9.17, 15) is 9.59 Å². The Balaban J connectivity index is 1.55. The molecule has 2 aromatic rings. The van der Waals surface area contributed by atoms with Crippen molar-refractivity contribution in [2.45, 2.75) is 12.8 Å². The van der Waals surface area contributed by atoms with E-state index in [-0.39, 0.29) is 11.8 Å². The molecule has 0 radical (unpaired) electrons. The Morgan fingerprint density at radius 3 is 2.90 bits per heavy atom. The Bertz CT molecular complexity index is 718. The summed E-state index contributed by atoms with van der Waals surface area (Å²) in [4.78, 5) is 30.5. The first-order valence-corrected chi connectivity index (χ1v) is 6.66. The van der Waals surface area contributed by atoms with E-state index in [2.05, 4.69) is 10.3 Å². The van der Waals surface area contributed by atoms with E-state index in [4.69, 9.17) is 4.84 Å². The molecule has 2 amide bonds. The van der Waals surface area contributed by atoms with Gasteiger partial charge in [0.15, 0.2) is 6.10 Å². The highest BCUT2D eigenvalue weighted by Crippen LogP contribution is 2.30. The minimum absolute atomic E-state index is 0.184. The molecule has 2 saturated heterocycles. The van der Waals surface area contributed by atoms with Gasteiger partial charge in [-0.1, -0.05) is 17.3 Å². The molecule has 4 rings (SSSR count). The molecular weight excluding hydrogens is 274 g/mol. The number of fused-ring (bicyclic) bond motifs is 2. The first-order valence-electron chi connectivity index (χ1n) is 6.66. The van der Waals surface area contributed by atoms with Crippen molar-refractivity contribution in [2.75, 3.05) is 13.6 Å². The number of nitrogens with zero attached hydrogens (tertiary/aromatic N) is 5. The van der Waals surface area contributed by atoms with Gasteiger partial charge in [-0.15, -0.1) is 5.10 Å². The van der Waals surface area contributed by atoms with Gasteiger partial charge >= 0.3 is 0 Å². The Morgan fingerprint density at radius 2 is 2.10 bits per heavy atom. The van der Waals surface area contributed by atoms with Crippen LogP contribution < -0.4 is 0 Å². The third-order valence-corrected chi connectivity index (χ3v) is 3.96. The lowest BCUT2D eigenvalue weighted by Gasteiger charge is -2.17. The maximum atomic E-state index is 11.9. The number of carbonyl (C=O) groups is 2. The van der Waals surface area contributed by atoms with Crippen LogP contribution in [0.3, 0.4) is 0 Å². The number of imide groups is 1. The lowest BCUT2D eigenvalue weighted by Crippen LogP contribution is -2.34. The molecule has 108 valence electrons. The van der Waals surface area contributed by atoms with E-state index in [1.807, 2.05) is 24.3 Å². The third-order valence-electron chi connectivity index (χ3n) is 3.96. The lowest BCUT2D eigenvalue weighted by molar-refractivity contribution is -0.179. The molecule has 8 nitrogen and oxygen atoms in total. The lowest BCUT2D eigenvalue weighted by atomic mass is 10.1. The van der Waals surface area contributed by atoms with Gasteiger partial charge in [-0.3, -0.25) is 19.3 Å². The quantitative estimate of drug-likeness (QED) is 0.700. The number of hydrogen-bond acceptors (Lipinski definition) is 6. The van der Waals surface area contributed by atoms with E-state index in [0.717, 1.165) is 15.9 Å². The van der Waals surface area contributed by atoms with Gasteiger partial charge in [0.25, 0.3) is 5.91 Å². The summed E-state index contributed by atoms with van der Waals surface area (Å²) in [5.41, 5.74) is 1.68. The second-order valence-electron chi connectivity index (χ2n) is 5.25. The molecule has 2 aliphatic heterocycles. The summed E-state index contributed by atoms with van der Waals surface area (Å²) in [7, 11) is 1.49. The summed E-state index contributed by atoms with van der Waals surface area (Å²) in [5, 5.41) is 9.73. The zero-order valence-electron chi connectivity index (χ0n) is 11.3. The van der Waals surface area contributed by atoms with Crippen molar-refractivity contribution < 1.29 is 14.4 Å². The van der Waals surface area contributed by atoms with Gasteiger partial charge in [-0.2, -0.15) is 5.06 Å². The highest BCUT2D eigenvalue weighted by Gasteiger charge is 2.52. The first kappa shape index (κ1) is 12.4. The van der Waals surface area contributed by atoms with Crippen LogP contribution in [-0.4, -0.2) is 56.5 Å². The average Bonchev–Trinajstić information content (AvgIpc) is 3.14. The monoisotopic (exact) mass is 287 g/mol. The minimum Gasteiger partial charge on any atom is -0.283 e. The van der Waals surface area contributed by atoms with E-state index in [1.54, 1.807) is 9.75 Å². The highest BCUT2D eigenvalue weighted by molar-refractivity contribution is 6.06. The molecule has 3 heterocycles. The van der Waals surface area contributed by atoms with Crippen LogP contribution in [0.5, 0.6) is 0 Å². The third kappa shape index (κ3) is 1.76. The van der Waals surface area contributed by atoms with Crippen LogP contribution in [0.2, 0.25) is 0 Å². The summed E-state index contributed by atoms with van der Waals surface area (Å²) in [6, 6.07) is 7.59. The number of likely N-dealkylation sites (tertiary alicyclic amines) is 1. The van der Waals surface area contributed by atoms with E-state index < -0.39 is 12.0 Å². The molecule has 1 aromatic carbocycles. The maximum absolute atomic E-state index is 11.9. The van der Waals surface area contributed by atoms with Crippen LogP contribution in [0.4, 0.5) is 0 Å². The molecule has 8 heteroatoms. The van der Waals surface area contributed by atoms with Crippen molar-refractivity contribution >= 4 is 22.8 Å². The topological polar surface area (TPSA) is 80.6 Å². The molecule has 21 heavy (non-hydrogen) atoms. The van der Waals surface area contributed by atoms with E-state index in [0.29, 0.717) is 13.2 Å². The number of likely N-dealkylation sites (N-methyl/N-ethyl adjacent to an activating group) is 1. The predicted molar refractivity (Wildman–Crippen MR) is 70.4 cm³/mol. The zero-order valence-corrected chi connectivity index (χ0v) is 11.3. The molecule has 0 spiro atoms. The van der Waals surface area contributed by atoms with Crippen LogP contribution >= 0.6 is 0 Å². The number of para-hydroxylation sites is 1. The summed E-state index contributed by atoms with van der Waals surface area (Å²) in [6.07, 6.45) is -0.697. The SMILES string of the molecule is CN1C(=O)[C@H]2ON(Cn3nnc4ccccc43)C[C@H]2C1=O. The van der Waals surface area contributed by atoms with Crippen LogP contribution in [0.15, 0.2) is 24.3 Å². The number of carbonyl (C=O) groups excluding carboxylic acids is 2. The Kier molecular flexibility index (Phi) is 2.57. The largest absolute Gasteiger partial charge is 0.283 e. The van der Waals surface area contributed by atoms with Crippen LogP contribution in [0.1, 0.15) is 0 Å². The Hall–Kier alpha value is -2.32. The summed E-state index contributed by atoms with van der Waals surface area (Å²) in [5.74, 6) is -0.885. The number of aromatic nitrogens is 3. The number of benzene rings is 1. The van der Waals surface area contributed by atoms with Gasteiger partial charge in [0.05, 0.1) is 11.4 Å². The molecule has 0 aliphatic carbocycles. The van der Waals surface area contributed by atoms with Gasteiger partial charge in [0, 0.05) is 13.6 Å². The van der Waals surface area contributed by atoms with Crippen molar-refractivity contribution in [3.05, 3.63) is 24.3 Å². The number of hydroxylamine groups is 2. The van der Waals surface area contributed by atoms with Crippen LogP contribution in [0, 0.1) is 5.92 Å². The molecule has 2 aliphatic rings. The van der Waals surface area contributed by atoms with Gasteiger partial charge in [0.2, 0.25) is 5.91 Å². The van der Waals surface area contributed by atoms with Gasteiger partial charge in [-0.05, 0) is 12.1 Å². The molecule has 0 unspecified atom stereocenters. The highest BCUT2D eigenvalue weighted by atomic mass is 16.7. The second-order valence-corrected chi connectivity index (χ2v) is 5.25. The van der Waals surface area contributed by atoms with E-state index in [1.165, 1.54) is 7.05 Å². The van der Waals surface area contributed by atoms with E-state index >= 15 is 0 Å². The molecule has 2 fully saturated rings. The number of hydrogen-bond donors (Lipinski definition) is 0. The fourth-order valence-corrected chi connectivity index (χ4v) is 2.83. The van der Waals surface area contributed by atoms with Gasteiger partial charge in [-0.25, -0.2) is 4.68 Å². The second kappa shape index (κ2) is 4.34. The normalized spacial score (nSPS) is 26.0. The van der Waals surface area contributed by atoms with Gasteiger partial charge in [0.1, 0.15) is 12.2 Å². The molecule has 1 aromatic heterocycles. The van der Waals surface area contributed by atoms with Crippen molar-refractivity contribution in [3.63, 3.8) is 0 Å². The minimum atomic E-state index is -0.697. The fraction of sp³-hybridized carbons (Fsp3) is 0.385. The summed E-state index contributed by atoms with van der Waals surface area (Å²) in [6.45, 7) is 0.714. The predicted octanol–water partition coefficient (Wildman–Crippen LogP) is -0.381. The molecule has 0 bridgehead atoms. The standard InChI is InChI=1S/C13H13N5O3/c1-16-12(19)8-6-17(21-11(8)13(16)20)7-18-10-5-3-2-4-9(10)14-15-18/h2-5,8,11H,6-7H2,1H3/t8-,11+/m1/s1. The average molecular weight is 287 g/mol. The summed E-state index contributed by atoms with van der Waals surface area (Å²) >= 11 is 0. The Morgan fingerprint density at radius 1 is 1.29 bits per heavy atom. The van der Waals surface area contributed by atoms with Crippen molar-refractivity contribution in [2.24, 2.45) is 5.92 Å². The first-order chi connectivity index (χ1) is 10.1. The number of amides is 2. The summed E-state index contributed by atoms with van der Waals surface area (Å²) < 4.78 is 1.69. The molecule has 0 N–H and O–H groups in total. The van der Waals surface area contributed by atoms with Crippen molar-refractivity contribution in [1.29, 1.82) is 0 Å². The smallest absolute Gasteiger partial charge is 0.261 e. The molecule has 2 atom stereocenters. The molecule has 0 saturated carbocycles. The fourth-order valence-electron chi connectivity index (χ4n) is 2.83. The van der Waals surface area contributed by atoms with Gasteiger partial charge < -0.3 is 0 Å². The number of rotatable bonds is 2. The molecular formula is C13H13N5O3. The van der Waals surface area contributed by atoms with Crippen molar-refractivity contribution in [1.82, 2.24) is 25.0 Å². The van der Waals surface area contributed by atoms with Crippen molar-refractivity contribution in [3.8, 4) is 0 Å².